The monoisotopic (exact) mass is 266 g/mol. The second kappa shape index (κ2) is 8.45. The van der Waals surface area contributed by atoms with E-state index in [1.54, 1.807) is 0 Å². The van der Waals surface area contributed by atoms with Crippen LogP contribution in [0.3, 0.4) is 0 Å². The van der Waals surface area contributed by atoms with E-state index in [1.165, 1.54) is 32.3 Å². The molecule has 1 atom stereocenters. The van der Waals surface area contributed by atoms with E-state index in [0.29, 0.717) is 18.4 Å². The Balaban J connectivity index is 2.54. The van der Waals surface area contributed by atoms with Gasteiger partial charge in [0.05, 0.1) is 26.1 Å². The molecule has 1 aromatic heterocycles. The summed E-state index contributed by atoms with van der Waals surface area (Å²) >= 11 is 0. The van der Waals surface area contributed by atoms with Crippen LogP contribution in [0.1, 0.15) is 50.0 Å². The fourth-order valence-electron chi connectivity index (χ4n) is 1.72. The quantitative estimate of drug-likeness (QED) is 0.677. The Morgan fingerprint density at radius 3 is 2.79 bits per heavy atom. The van der Waals surface area contributed by atoms with Crippen LogP contribution in [-0.2, 0) is 4.74 Å². The van der Waals surface area contributed by atoms with Gasteiger partial charge in [0, 0.05) is 0 Å². The van der Waals surface area contributed by atoms with Gasteiger partial charge in [0.1, 0.15) is 0 Å². The smallest absolute Gasteiger partial charge is 0.358 e. The summed E-state index contributed by atoms with van der Waals surface area (Å²) in [7, 11) is 1.31. The molecule has 106 valence electrons. The van der Waals surface area contributed by atoms with E-state index in [2.05, 4.69) is 28.6 Å². The number of hydrogen-bond acceptors (Lipinski definition) is 5. The summed E-state index contributed by atoms with van der Waals surface area (Å²) in [6, 6.07) is 0. The normalized spacial score (nSPS) is 11.9. The molecule has 0 aliphatic rings. The molecule has 0 saturated carbocycles. The first-order chi connectivity index (χ1) is 9.21. The molecule has 0 saturated heterocycles. The van der Waals surface area contributed by atoms with E-state index in [9.17, 15) is 4.79 Å². The number of ether oxygens (including phenoxy) is 2. The predicted octanol–water partition coefficient (Wildman–Crippen LogP) is 2.86. The van der Waals surface area contributed by atoms with Crippen LogP contribution in [0.15, 0.2) is 12.4 Å². The predicted molar refractivity (Wildman–Crippen MR) is 72.2 cm³/mol. The van der Waals surface area contributed by atoms with Gasteiger partial charge in [0.25, 0.3) is 0 Å². The van der Waals surface area contributed by atoms with Gasteiger partial charge in [-0.05, 0) is 12.3 Å². The van der Waals surface area contributed by atoms with E-state index < -0.39 is 5.97 Å². The number of methoxy groups -OCH3 is 1. The van der Waals surface area contributed by atoms with Gasteiger partial charge >= 0.3 is 5.97 Å². The zero-order valence-corrected chi connectivity index (χ0v) is 11.9. The Kier molecular flexibility index (Phi) is 6.85. The molecule has 0 aliphatic carbocycles. The van der Waals surface area contributed by atoms with Gasteiger partial charge in [-0.1, -0.05) is 33.1 Å². The average Bonchev–Trinajstić information content (AvgIpc) is 2.47. The number of aromatic nitrogens is 2. The maximum absolute atomic E-state index is 11.3. The highest BCUT2D eigenvalue weighted by molar-refractivity contribution is 5.86. The van der Waals surface area contributed by atoms with Crippen LogP contribution in [0.25, 0.3) is 0 Å². The van der Waals surface area contributed by atoms with Crippen molar-refractivity contribution in [2.45, 2.75) is 39.5 Å². The van der Waals surface area contributed by atoms with Gasteiger partial charge in [0.15, 0.2) is 5.69 Å². The van der Waals surface area contributed by atoms with E-state index in [0.717, 1.165) is 12.8 Å². The van der Waals surface area contributed by atoms with Gasteiger partial charge in [-0.3, -0.25) is 4.98 Å². The van der Waals surface area contributed by atoms with Crippen LogP contribution in [-0.4, -0.2) is 29.7 Å². The van der Waals surface area contributed by atoms with Crippen LogP contribution in [0.5, 0.6) is 5.88 Å². The van der Waals surface area contributed by atoms with Gasteiger partial charge in [-0.25, -0.2) is 9.78 Å². The Labute approximate surface area is 114 Å². The molecule has 5 heteroatoms. The second-order valence-corrected chi connectivity index (χ2v) is 4.46. The molecule has 0 radical (unpaired) electrons. The molecular weight excluding hydrogens is 244 g/mol. The van der Waals surface area contributed by atoms with Crippen LogP contribution in [0.4, 0.5) is 0 Å². The lowest BCUT2D eigenvalue weighted by atomic mass is 10.0. The molecule has 5 nitrogen and oxygen atoms in total. The summed E-state index contributed by atoms with van der Waals surface area (Å²) in [5.41, 5.74) is 0.168. The zero-order valence-electron chi connectivity index (χ0n) is 11.9. The highest BCUT2D eigenvalue weighted by Gasteiger charge is 2.11. The van der Waals surface area contributed by atoms with Crippen LogP contribution < -0.4 is 4.74 Å². The summed E-state index contributed by atoms with van der Waals surface area (Å²) in [5, 5.41) is 0. The molecule has 0 fully saturated rings. The molecule has 0 N–H and O–H groups in total. The van der Waals surface area contributed by atoms with Crippen LogP contribution in [0, 0.1) is 5.92 Å². The Hall–Kier alpha value is -1.65. The minimum atomic E-state index is -0.504. The first kappa shape index (κ1) is 15.4. The third kappa shape index (κ3) is 5.24. The van der Waals surface area contributed by atoms with E-state index >= 15 is 0 Å². The lowest BCUT2D eigenvalue weighted by molar-refractivity contribution is 0.0591. The third-order valence-corrected chi connectivity index (χ3v) is 3.02. The highest BCUT2D eigenvalue weighted by Crippen LogP contribution is 2.15. The molecule has 0 bridgehead atoms. The first-order valence-corrected chi connectivity index (χ1v) is 6.74. The van der Waals surface area contributed by atoms with Gasteiger partial charge in [-0.15, -0.1) is 0 Å². The number of esters is 1. The molecule has 1 heterocycles. The molecule has 0 amide bonds. The Morgan fingerprint density at radius 1 is 1.37 bits per heavy atom. The largest absolute Gasteiger partial charge is 0.476 e. The summed E-state index contributed by atoms with van der Waals surface area (Å²) in [4.78, 5) is 19.3. The van der Waals surface area contributed by atoms with Crippen molar-refractivity contribution in [2.24, 2.45) is 5.92 Å². The Morgan fingerprint density at radius 2 is 2.16 bits per heavy atom. The van der Waals surface area contributed by atoms with Crippen molar-refractivity contribution in [3.8, 4) is 5.88 Å². The minimum absolute atomic E-state index is 0.168. The van der Waals surface area contributed by atoms with Crippen molar-refractivity contribution < 1.29 is 14.3 Å². The summed E-state index contributed by atoms with van der Waals surface area (Å²) in [6.45, 7) is 4.94. The number of carbonyl (C=O) groups is 1. The molecule has 1 rings (SSSR count). The third-order valence-electron chi connectivity index (χ3n) is 3.02. The minimum Gasteiger partial charge on any atom is -0.476 e. The van der Waals surface area contributed by atoms with Crippen molar-refractivity contribution >= 4 is 5.97 Å². The van der Waals surface area contributed by atoms with Crippen LogP contribution in [0.2, 0.25) is 0 Å². The number of hydrogen-bond donors (Lipinski definition) is 0. The van der Waals surface area contributed by atoms with E-state index in [1.807, 2.05) is 0 Å². The topological polar surface area (TPSA) is 61.3 Å². The van der Waals surface area contributed by atoms with Crippen molar-refractivity contribution in [3.63, 3.8) is 0 Å². The van der Waals surface area contributed by atoms with E-state index in [-0.39, 0.29) is 5.69 Å². The van der Waals surface area contributed by atoms with Gasteiger partial charge in [0.2, 0.25) is 5.88 Å². The number of carbonyl (C=O) groups excluding carboxylic acids is 1. The molecule has 1 unspecified atom stereocenters. The number of nitrogens with zero attached hydrogens (tertiary/aromatic N) is 2. The molecule has 0 aromatic carbocycles. The van der Waals surface area contributed by atoms with E-state index in [4.69, 9.17) is 4.74 Å². The fraction of sp³-hybridized carbons (Fsp3) is 0.643. The molecule has 1 aromatic rings. The number of unbranched alkanes of at least 4 members (excludes halogenated alkanes) is 1. The Bertz CT molecular complexity index is 396. The fourth-order valence-corrected chi connectivity index (χ4v) is 1.72. The van der Waals surface area contributed by atoms with Crippen molar-refractivity contribution in [3.05, 3.63) is 18.1 Å². The molecule has 19 heavy (non-hydrogen) atoms. The molecular formula is C14H22N2O3. The standard InChI is InChI=1S/C14H22N2O3/c1-4-6-7-11(5-2)10-19-13-9-15-8-12(16-13)14(17)18-3/h8-9,11H,4-7,10H2,1-3H3. The maximum atomic E-state index is 11.3. The second-order valence-electron chi connectivity index (χ2n) is 4.46. The molecule has 0 aliphatic heterocycles. The summed E-state index contributed by atoms with van der Waals surface area (Å²) in [6.07, 6.45) is 7.50. The summed E-state index contributed by atoms with van der Waals surface area (Å²) < 4.78 is 10.2. The lowest BCUT2D eigenvalue weighted by Crippen LogP contribution is -2.13. The zero-order chi connectivity index (χ0) is 14.1. The van der Waals surface area contributed by atoms with Crippen molar-refractivity contribution in [1.82, 2.24) is 9.97 Å². The first-order valence-electron chi connectivity index (χ1n) is 6.74. The van der Waals surface area contributed by atoms with Crippen molar-refractivity contribution in [2.75, 3.05) is 13.7 Å². The van der Waals surface area contributed by atoms with Crippen LogP contribution >= 0.6 is 0 Å². The van der Waals surface area contributed by atoms with Crippen molar-refractivity contribution in [1.29, 1.82) is 0 Å². The van der Waals surface area contributed by atoms with Gasteiger partial charge in [-0.2, -0.15) is 0 Å². The maximum Gasteiger partial charge on any atom is 0.358 e. The SMILES string of the molecule is CCCCC(CC)COc1cncc(C(=O)OC)n1. The molecule has 0 spiro atoms. The lowest BCUT2D eigenvalue weighted by Gasteiger charge is -2.14. The highest BCUT2D eigenvalue weighted by atomic mass is 16.5. The number of rotatable bonds is 8. The van der Waals surface area contributed by atoms with Gasteiger partial charge < -0.3 is 9.47 Å². The summed E-state index contributed by atoms with van der Waals surface area (Å²) in [5.74, 6) is 0.386. The average molecular weight is 266 g/mol.